The lowest BCUT2D eigenvalue weighted by Gasteiger charge is -2.43. The van der Waals surface area contributed by atoms with Crippen molar-refractivity contribution in [2.75, 3.05) is 14.7 Å². The Morgan fingerprint density at radius 1 is 0.274 bits per heavy atom. The van der Waals surface area contributed by atoms with E-state index in [1.54, 1.807) is 29.6 Å². The predicted octanol–water partition coefficient (Wildman–Crippen LogP) is 30.9. The molecule has 19 aromatic carbocycles. The largest absolute Gasteiger partial charge is 0.311 e. The number of thiophene rings is 1. The molecule has 0 N–H and O–H groups in total. The van der Waals surface area contributed by atoms with E-state index < -0.39 is 8.07 Å². The number of nitrogens with zero attached hydrogens (tertiary/aromatic N) is 3. The van der Waals surface area contributed by atoms with Gasteiger partial charge in [0.25, 0.3) is 0 Å². The maximum Gasteiger partial charge on any atom is 0.197 e. The number of carbonyl (C=O) groups is 6. The number of hydrogen-bond acceptors (Lipinski definition) is 10. The van der Waals surface area contributed by atoms with Gasteiger partial charge in [0, 0.05) is 67.0 Å². The third kappa shape index (κ3) is 13.2. The zero-order valence-corrected chi connectivity index (χ0v) is 77.7. The van der Waals surface area contributed by atoms with Gasteiger partial charge in [-0.1, -0.05) is 282 Å². The zero-order chi connectivity index (χ0) is 91.9. The first kappa shape index (κ1) is 82.5. The van der Waals surface area contributed by atoms with Crippen LogP contribution in [0.25, 0.3) is 104 Å². The minimum absolute atomic E-state index is 0.118. The predicted molar refractivity (Wildman–Crippen MR) is 562 cm³/mol. The van der Waals surface area contributed by atoms with Gasteiger partial charge in [-0.15, -0.1) is 11.3 Å². The van der Waals surface area contributed by atoms with E-state index >= 15 is 0 Å². The van der Waals surface area contributed by atoms with Gasteiger partial charge in [-0.05, 0) is 299 Å². The van der Waals surface area contributed by atoms with Crippen LogP contribution in [-0.2, 0) is 10.8 Å². The Morgan fingerprint density at radius 2 is 0.585 bits per heavy atom. The smallest absolute Gasteiger partial charge is 0.197 e. The molecule has 13 heteroatoms. The van der Waals surface area contributed by atoms with E-state index in [-0.39, 0.29) is 72.3 Å². The molecule has 0 atom stereocenters. The number of para-hydroxylation sites is 2. The van der Waals surface area contributed by atoms with Crippen LogP contribution >= 0.6 is 34.5 Å². The SMILES string of the molecule is CC1(C)c2cc3ccccc3cc2N(c2ccccc2)c2ccc3cc(C=C4C(=O)c5cc(Cl)c(Cl)cc5C4=O)ccc3c21.CC1(C)c2cc3ccccc3cc2N(c2cccs2)c2ccc3cc(C=C4C(=O)c5cc6ccccc6cc5C4=O)ccc3c21.C[Si]1(C)c2cc3ccccc3cc2N(c2ccccc2)c2ccc3cc(C=C4C(=O)c5cc6ccccc6cc5C4=O)ccc3c21. The van der Waals surface area contributed by atoms with Crippen LogP contribution in [0.15, 0.2) is 380 Å². The molecule has 0 bridgehead atoms. The fourth-order valence-corrected chi connectivity index (χ4v) is 26.3. The molecule has 0 amide bonds. The lowest BCUT2D eigenvalue weighted by molar-refractivity contribution is 0.0975. The Bertz CT molecular complexity index is 8680. The molecule has 0 unspecified atom stereocenters. The summed E-state index contributed by atoms with van der Waals surface area (Å²) in [6.07, 6.45) is 5.21. The third-order valence-electron chi connectivity index (χ3n) is 28.5. The van der Waals surface area contributed by atoms with Crippen LogP contribution in [0.3, 0.4) is 0 Å². The van der Waals surface area contributed by atoms with Crippen molar-refractivity contribution in [1.82, 2.24) is 0 Å². The van der Waals surface area contributed by atoms with Crippen molar-refractivity contribution >= 4 is 243 Å². The first-order valence-corrected chi connectivity index (χ1v) is 50.0. The fraction of sp³-hybridized carbons (Fsp3) is 0.0656. The highest BCUT2D eigenvalue weighted by atomic mass is 35.5. The highest BCUT2D eigenvalue weighted by Gasteiger charge is 2.45. The topological polar surface area (TPSA) is 112 Å². The number of carbonyl (C=O) groups excluding carboxylic acids is 6. The van der Waals surface area contributed by atoms with Gasteiger partial charge in [0.15, 0.2) is 34.7 Å². The lowest BCUT2D eigenvalue weighted by atomic mass is 9.71. The summed E-state index contributed by atoms with van der Waals surface area (Å²) in [6, 6.07) is 123. The van der Waals surface area contributed by atoms with Gasteiger partial charge in [-0.25, -0.2) is 0 Å². The van der Waals surface area contributed by atoms with Crippen molar-refractivity contribution < 1.29 is 28.8 Å². The molecule has 1 aromatic heterocycles. The summed E-state index contributed by atoms with van der Waals surface area (Å²) >= 11 is 14.0. The van der Waals surface area contributed by atoms with Crippen molar-refractivity contribution in [3.8, 4) is 0 Å². The van der Waals surface area contributed by atoms with E-state index in [1.807, 2.05) is 97.1 Å². The van der Waals surface area contributed by atoms with Crippen LogP contribution in [-0.4, -0.2) is 42.8 Å². The van der Waals surface area contributed by atoms with Crippen LogP contribution in [0.5, 0.6) is 0 Å². The first-order chi connectivity index (χ1) is 65.5. The summed E-state index contributed by atoms with van der Waals surface area (Å²) in [6.45, 7) is 14.1. The molecule has 0 radical (unpaired) electrons. The summed E-state index contributed by atoms with van der Waals surface area (Å²) in [5, 5.41) is 24.5. The summed E-state index contributed by atoms with van der Waals surface area (Å²) < 4.78 is 0. The van der Waals surface area contributed by atoms with Crippen molar-refractivity contribution in [1.29, 1.82) is 0 Å². The molecule has 9 nitrogen and oxygen atoms in total. The van der Waals surface area contributed by atoms with Gasteiger partial charge >= 0.3 is 0 Å². The molecule has 3 aliphatic heterocycles. The Kier molecular flexibility index (Phi) is 19.1. The van der Waals surface area contributed by atoms with Crippen LogP contribution in [0, 0.1) is 0 Å². The molecule has 26 rings (SSSR count). The molecule has 644 valence electrons. The highest BCUT2D eigenvalue weighted by molar-refractivity contribution is 7.14. The van der Waals surface area contributed by atoms with Gasteiger partial charge in [-0.2, -0.15) is 0 Å². The van der Waals surface area contributed by atoms with E-state index in [1.165, 1.54) is 121 Å². The number of ketones is 6. The minimum atomic E-state index is -2.20. The molecule has 0 saturated carbocycles. The van der Waals surface area contributed by atoms with Crippen molar-refractivity contribution in [3.05, 3.63) is 462 Å². The minimum Gasteiger partial charge on any atom is -0.311 e. The fourth-order valence-electron chi connectivity index (χ4n) is 21.9. The molecule has 20 aromatic rings. The summed E-state index contributed by atoms with van der Waals surface area (Å²) in [7, 11) is -2.20. The van der Waals surface area contributed by atoms with Gasteiger partial charge in [0.05, 0.1) is 54.5 Å². The average Bonchev–Trinajstić information content (AvgIpc) is 1.26. The maximum absolute atomic E-state index is 13.5. The molecule has 6 aliphatic rings. The van der Waals surface area contributed by atoms with E-state index in [4.69, 9.17) is 23.2 Å². The Balaban J connectivity index is 0.000000111. The molecule has 0 saturated heterocycles. The van der Waals surface area contributed by atoms with Gasteiger partial charge in [0.2, 0.25) is 0 Å². The summed E-state index contributed by atoms with van der Waals surface area (Å²) in [4.78, 5) is 87.5. The maximum atomic E-state index is 13.5. The Hall–Kier alpha value is -15.6. The number of rotatable bonds is 6. The third-order valence-corrected chi connectivity index (χ3v) is 33.6. The molecule has 0 spiro atoms. The molecule has 4 heterocycles. The van der Waals surface area contributed by atoms with Crippen molar-refractivity contribution in [2.24, 2.45) is 0 Å². The average molecular weight is 1820 g/mol. The second-order valence-electron chi connectivity index (χ2n) is 37.4. The van der Waals surface area contributed by atoms with Crippen molar-refractivity contribution in [3.63, 3.8) is 0 Å². The first-order valence-electron chi connectivity index (χ1n) is 45.3. The van der Waals surface area contributed by atoms with Gasteiger partial charge < -0.3 is 14.7 Å². The van der Waals surface area contributed by atoms with E-state index in [2.05, 4.69) is 310 Å². The molecule has 0 fully saturated rings. The Labute approximate surface area is 794 Å². The van der Waals surface area contributed by atoms with Crippen LogP contribution in [0.2, 0.25) is 23.1 Å². The zero-order valence-electron chi connectivity index (χ0n) is 74.3. The van der Waals surface area contributed by atoms with Gasteiger partial charge in [-0.3, -0.25) is 28.8 Å². The molecular formula is C122H81Cl2N3O6SSi. The number of halogens is 2. The van der Waals surface area contributed by atoms with Crippen LogP contribution < -0.4 is 25.1 Å². The van der Waals surface area contributed by atoms with Gasteiger partial charge in [0.1, 0.15) is 8.07 Å². The van der Waals surface area contributed by atoms with Crippen LogP contribution in [0.4, 0.5) is 50.5 Å². The molecule has 135 heavy (non-hydrogen) atoms. The van der Waals surface area contributed by atoms with E-state index in [0.29, 0.717) is 33.4 Å². The summed E-state index contributed by atoms with van der Waals surface area (Å²) in [5.74, 6) is -1.49. The molecular weight excluding hydrogens is 1730 g/mol. The standard InChI is InChI=1S/C42H29NO2Si.C41H27NO2S.C39H25Cl2NO2/c1-46(2)39-25-30-13-9-8-12-29(30)24-38(39)43(32-14-4-3-5-15-32)37-19-17-31-20-26(16-18-33(31)42(37)46)21-36-40(44)34-22-27-10-6-7-11-28(27)23-35(34)41(36)45;1-41(2)34-22-27-10-5-6-11-28(27)23-36(34)42(37-12-7-17-45-37)35-16-14-29-18-24(13-15-30(29)38(35)41)19-33-39(43)31-20-25-8-3-4-9-26(25)21-32(31)40(33)44;1-39(2)31-18-23-8-6-7-9-24(23)19-35(31)42(26-10-4-3-5-11-26)34-15-13-25-16-22(12-14-27(25)36(34)39)17-30-37(43)28-20-32(40)33(41)21-29(28)38(30)44/h3-25H,1-2H3;3-23H,1-2H3;3-21H,1-2H3. The Morgan fingerprint density at radius 3 is 0.970 bits per heavy atom. The second-order valence-corrected chi connectivity index (χ2v) is 43.5. The van der Waals surface area contributed by atoms with E-state index in [0.717, 1.165) is 76.8 Å². The normalized spacial score (nSPS) is 15.0. The molecule has 3 aliphatic carbocycles. The number of hydrogen-bond donors (Lipinski definition) is 0. The number of anilines is 9. The highest BCUT2D eigenvalue weighted by Crippen LogP contribution is 2.58. The lowest BCUT2D eigenvalue weighted by Crippen LogP contribution is -2.58. The van der Waals surface area contributed by atoms with Crippen molar-refractivity contribution in [2.45, 2.75) is 51.6 Å². The van der Waals surface area contributed by atoms with Crippen LogP contribution in [0.1, 0.15) is 129 Å². The monoisotopic (exact) mass is 1810 g/mol. The number of Topliss-reactive ketones (excluding diaryl/α,β-unsaturated/α-hetero) is 6. The number of allylic oxidation sites excluding steroid dienone is 3. The quantitative estimate of drug-likeness (QED) is 0.0912. The van der Waals surface area contributed by atoms with E-state index in [9.17, 15) is 28.8 Å². The number of benzene rings is 19. The number of fused-ring (bicyclic) bond motifs is 20. The summed E-state index contributed by atoms with van der Waals surface area (Å²) in [5.41, 5.74) is 19.4. The second kappa shape index (κ2) is 31.3.